The van der Waals surface area contributed by atoms with Crippen LogP contribution in [0.3, 0.4) is 0 Å². The zero-order chi connectivity index (χ0) is 29.6. The van der Waals surface area contributed by atoms with Crippen molar-refractivity contribution in [3.8, 4) is 0 Å². The molecule has 5 heteroatoms. The Morgan fingerprint density at radius 2 is 0.952 bits per heavy atom. The second-order valence-electron chi connectivity index (χ2n) is 12.1. The Kier molecular flexibility index (Phi) is 6.66. The molecule has 0 radical (unpaired) electrons. The second kappa shape index (κ2) is 10.1. The quantitative estimate of drug-likeness (QED) is 0.246. The van der Waals surface area contributed by atoms with Crippen molar-refractivity contribution in [3.05, 3.63) is 84.1 Å². The molecule has 2 bridgehead atoms. The molecule has 0 amide bonds. The third kappa shape index (κ3) is 3.28. The van der Waals surface area contributed by atoms with E-state index in [1.807, 2.05) is 0 Å². The van der Waals surface area contributed by atoms with Crippen LogP contribution in [0.15, 0.2) is 39.8 Å². The van der Waals surface area contributed by atoms with Gasteiger partial charge in [-0.1, -0.05) is 55.4 Å². The van der Waals surface area contributed by atoms with Crippen LogP contribution in [-0.4, -0.2) is 29.5 Å². The van der Waals surface area contributed by atoms with Crippen LogP contribution in [0.4, 0.5) is 0 Å². The summed E-state index contributed by atoms with van der Waals surface area (Å²) in [6.45, 7) is 18.8. The summed E-state index contributed by atoms with van der Waals surface area (Å²) in [6.07, 6.45) is 18.6. The summed E-state index contributed by atoms with van der Waals surface area (Å²) in [5.74, 6) is 0. The molecular weight excluding hydrogens is 531 g/mol. The summed E-state index contributed by atoms with van der Waals surface area (Å²) in [5, 5.41) is 2.81. The Morgan fingerprint density at radius 3 is 1.43 bits per heavy atom. The molecule has 7 rings (SSSR count). The Balaban J connectivity index is 1.76. The van der Waals surface area contributed by atoms with E-state index in [9.17, 15) is 0 Å². The van der Waals surface area contributed by atoms with E-state index in [0.717, 1.165) is 51.4 Å². The summed E-state index contributed by atoms with van der Waals surface area (Å²) in [5.41, 5.74) is 20.5. The number of allylic oxidation sites excluding steroid dienone is 5. The van der Waals surface area contributed by atoms with E-state index < -0.39 is 0 Å². The van der Waals surface area contributed by atoms with E-state index in [0.29, 0.717) is 0 Å². The number of aromatic nitrogens is 2. The highest BCUT2D eigenvalue weighted by atomic mass is 31.0. The highest BCUT2D eigenvalue weighted by molar-refractivity contribution is 7.14. The molecule has 0 saturated heterocycles. The van der Waals surface area contributed by atoms with Gasteiger partial charge in [0.25, 0.3) is 0 Å². The summed E-state index contributed by atoms with van der Waals surface area (Å²) in [6, 6.07) is 0. The van der Waals surface area contributed by atoms with Gasteiger partial charge in [0.05, 0.1) is 22.5 Å². The summed E-state index contributed by atoms with van der Waals surface area (Å²) in [7, 11) is 3.10. The topological polar surface area (TPSA) is 15.9 Å². The molecule has 0 fully saturated rings. The van der Waals surface area contributed by atoms with Crippen molar-refractivity contribution in [3.63, 3.8) is 0 Å². The highest BCUT2D eigenvalue weighted by Gasteiger charge is 2.56. The zero-order valence-electron chi connectivity index (χ0n) is 26.9. The summed E-state index contributed by atoms with van der Waals surface area (Å²) in [4.78, 5) is 0. The molecule has 5 aliphatic rings. The monoisotopic (exact) mass is 578 g/mol. The van der Waals surface area contributed by atoms with E-state index >= 15 is 0 Å². The van der Waals surface area contributed by atoms with Gasteiger partial charge in [0.15, 0.2) is 0 Å². The van der Waals surface area contributed by atoms with Crippen molar-refractivity contribution >= 4 is 39.0 Å². The average Bonchev–Trinajstić information content (AvgIpc) is 3.67. The lowest BCUT2D eigenvalue weighted by Gasteiger charge is -2.23. The molecule has 0 spiro atoms. The van der Waals surface area contributed by atoms with Gasteiger partial charge in [-0.3, -0.25) is 0 Å². The number of fused-ring (bicyclic) bond motifs is 2. The second-order valence-corrected chi connectivity index (χ2v) is 12.7. The smallest absolute Gasteiger partial charge is 0.325 e. The summed E-state index contributed by atoms with van der Waals surface area (Å²) < 4.78 is 10.6. The van der Waals surface area contributed by atoms with E-state index in [1.165, 1.54) is 89.4 Å². The number of hydrogen-bond donors (Lipinski definition) is 0. The minimum atomic E-state index is 0.0566. The van der Waals surface area contributed by atoms with Gasteiger partial charge in [0.2, 0.25) is 22.8 Å². The normalized spacial score (nSPS) is 19.9. The molecule has 7 heterocycles. The largest absolute Gasteiger partial charge is 0.446 e. The van der Waals surface area contributed by atoms with Crippen LogP contribution >= 0.6 is 9.39 Å². The number of hydrogen-bond acceptors (Lipinski definition) is 0. The van der Waals surface area contributed by atoms with Crippen LogP contribution in [0.1, 0.15) is 121 Å². The predicted molar refractivity (Wildman–Crippen MR) is 180 cm³/mol. The molecule has 4 nitrogen and oxygen atoms in total. The van der Waals surface area contributed by atoms with Gasteiger partial charge in [0.1, 0.15) is 0 Å². The lowest BCUT2D eigenvalue weighted by Crippen LogP contribution is -2.50. The third-order valence-electron chi connectivity index (χ3n) is 10.6. The Morgan fingerprint density at radius 1 is 0.524 bits per heavy atom. The molecule has 1 unspecified atom stereocenters. The van der Waals surface area contributed by atoms with E-state index in [4.69, 9.17) is 0 Å². The molecule has 0 aromatic carbocycles. The molecule has 218 valence electrons. The van der Waals surface area contributed by atoms with Crippen LogP contribution in [0, 0.1) is 0 Å². The maximum atomic E-state index is 3.10. The molecule has 2 atom stereocenters. The minimum Gasteiger partial charge on any atom is -0.325 e. The number of nitrogens with zero attached hydrogens (tertiary/aromatic N) is 4. The first-order chi connectivity index (χ1) is 20.4. The van der Waals surface area contributed by atoms with Crippen molar-refractivity contribution in [1.82, 2.24) is 8.90 Å². The average molecular weight is 579 g/mol. The van der Waals surface area contributed by atoms with E-state index in [-0.39, 0.29) is 6.29 Å². The molecule has 5 aliphatic heterocycles. The van der Waals surface area contributed by atoms with Crippen LogP contribution in [-0.2, 0) is 25.7 Å². The minimum absolute atomic E-state index is 0.0566. The zero-order valence-corrected chi connectivity index (χ0v) is 28.1. The van der Waals surface area contributed by atoms with Gasteiger partial charge < -0.3 is 4.34 Å². The van der Waals surface area contributed by atoms with Crippen molar-refractivity contribution in [2.75, 3.05) is 0 Å². The molecule has 0 aliphatic carbocycles. The van der Waals surface area contributed by atoms with Crippen molar-refractivity contribution in [2.45, 2.75) is 113 Å². The third-order valence-corrected chi connectivity index (χ3v) is 11.2. The van der Waals surface area contributed by atoms with E-state index in [2.05, 4.69) is 107 Å². The fraction of sp³-hybridized carbons (Fsp3) is 0.459. The Labute approximate surface area is 253 Å². The van der Waals surface area contributed by atoms with Crippen molar-refractivity contribution in [1.29, 1.82) is 0 Å². The number of rotatable bonds is 8. The Hall–Kier alpha value is -2.97. The lowest BCUT2D eigenvalue weighted by atomic mass is 9.96. The lowest BCUT2D eigenvalue weighted by molar-refractivity contribution is -0.767. The molecule has 2 aromatic rings. The van der Waals surface area contributed by atoms with Gasteiger partial charge in [-0.05, 0) is 89.1 Å². The predicted octanol–water partition coefficient (Wildman–Crippen LogP) is 6.68. The van der Waals surface area contributed by atoms with Gasteiger partial charge >= 0.3 is 6.29 Å². The first-order valence-electron chi connectivity index (χ1n) is 16.6. The Bertz CT molecular complexity index is 1910. The first kappa shape index (κ1) is 27.8. The van der Waals surface area contributed by atoms with Gasteiger partial charge in [-0.15, -0.1) is 9.15 Å². The SMILES string of the molecule is CCC1=C(CC)C2=[N+]3C1=Cc1c(CC)c(CC)c(n1P)C=c1c(CC)c(CC)c4n1[C@@H]3[N+]1=C(C=4)C(CC)=C(CC)C1=C2. The molecular formula is C37H47N4P+2. The van der Waals surface area contributed by atoms with Gasteiger partial charge in [0, 0.05) is 40.1 Å². The van der Waals surface area contributed by atoms with Crippen LogP contribution in [0.2, 0.25) is 0 Å². The summed E-state index contributed by atoms with van der Waals surface area (Å²) >= 11 is 0. The molecule has 2 aromatic heterocycles. The first-order valence-corrected chi connectivity index (χ1v) is 17.1. The van der Waals surface area contributed by atoms with Crippen LogP contribution < -0.4 is 10.7 Å². The molecule has 0 N–H and O–H groups in total. The van der Waals surface area contributed by atoms with Crippen LogP contribution in [0.25, 0.3) is 18.2 Å². The maximum absolute atomic E-state index is 3.10. The molecule has 42 heavy (non-hydrogen) atoms. The van der Waals surface area contributed by atoms with E-state index in [1.54, 1.807) is 0 Å². The fourth-order valence-corrected chi connectivity index (χ4v) is 9.40. The molecule has 0 saturated carbocycles. The van der Waals surface area contributed by atoms with Gasteiger partial charge in [-0.25, -0.2) is 4.57 Å². The standard InChI is InChI=1S/C37H47N4P/c1-9-21-22(10-2)30-18-32-24(12-4)26(14-6)34-20-36-28(16-8)27(15-7)35(41(36)42)19-33-25(13-5)23(11-3)31-17-29(21)38(30)37(39(31)33)40(32)34/h17-20,37H,9-16,42H2,1-8H3/q+2. The fourth-order valence-electron chi connectivity index (χ4n) is 8.94. The van der Waals surface area contributed by atoms with Crippen molar-refractivity contribution in [2.24, 2.45) is 0 Å². The van der Waals surface area contributed by atoms with Gasteiger partial charge in [-0.2, -0.15) is 0 Å². The van der Waals surface area contributed by atoms with Crippen molar-refractivity contribution < 1.29 is 9.15 Å². The highest BCUT2D eigenvalue weighted by Crippen LogP contribution is 2.45. The van der Waals surface area contributed by atoms with Crippen LogP contribution in [0.5, 0.6) is 0 Å². The maximum Gasteiger partial charge on any atom is 0.446 e.